The SMILES string of the molecule is Cc1ccc(S(=O)(=O)N(Cc2nc(-c3ccc(Cl)cc3)no2)C(C)C)cc1. The lowest BCUT2D eigenvalue weighted by atomic mass is 10.2. The van der Waals surface area contributed by atoms with Gasteiger partial charge < -0.3 is 4.52 Å². The van der Waals surface area contributed by atoms with E-state index in [9.17, 15) is 8.42 Å². The highest BCUT2D eigenvalue weighted by atomic mass is 35.5. The molecule has 1 heterocycles. The number of halogens is 1. The zero-order valence-corrected chi connectivity index (χ0v) is 16.8. The van der Waals surface area contributed by atoms with E-state index < -0.39 is 10.0 Å². The van der Waals surface area contributed by atoms with E-state index in [0.717, 1.165) is 11.1 Å². The Kier molecular flexibility index (Phi) is 5.64. The van der Waals surface area contributed by atoms with E-state index in [4.69, 9.17) is 16.1 Å². The average Bonchev–Trinajstić information content (AvgIpc) is 3.09. The monoisotopic (exact) mass is 405 g/mol. The van der Waals surface area contributed by atoms with Crippen LogP contribution < -0.4 is 0 Å². The van der Waals surface area contributed by atoms with Crippen LogP contribution in [0.1, 0.15) is 25.3 Å². The molecule has 142 valence electrons. The van der Waals surface area contributed by atoms with Crippen LogP contribution in [-0.2, 0) is 16.6 Å². The molecule has 0 saturated carbocycles. The van der Waals surface area contributed by atoms with Gasteiger partial charge in [0.25, 0.3) is 0 Å². The van der Waals surface area contributed by atoms with Gasteiger partial charge in [-0.3, -0.25) is 0 Å². The fourth-order valence-corrected chi connectivity index (χ4v) is 4.27. The van der Waals surface area contributed by atoms with Crippen molar-refractivity contribution in [2.24, 2.45) is 0 Å². The molecule has 8 heteroatoms. The van der Waals surface area contributed by atoms with Gasteiger partial charge in [0.1, 0.15) is 0 Å². The van der Waals surface area contributed by atoms with Crippen molar-refractivity contribution in [3.63, 3.8) is 0 Å². The summed E-state index contributed by atoms with van der Waals surface area (Å²) in [4.78, 5) is 4.56. The van der Waals surface area contributed by atoms with Crippen LogP contribution in [0.4, 0.5) is 0 Å². The third-order valence-electron chi connectivity index (χ3n) is 4.07. The van der Waals surface area contributed by atoms with Crippen LogP contribution in [0, 0.1) is 6.92 Å². The minimum Gasteiger partial charge on any atom is -0.338 e. The van der Waals surface area contributed by atoms with Crippen molar-refractivity contribution in [2.75, 3.05) is 0 Å². The third kappa shape index (κ3) is 4.37. The topological polar surface area (TPSA) is 76.3 Å². The molecule has 0 radical (unpaired) electrons. The van der Waals surface area contributed by atoms with E-state index in [-0.39, 0.29) is 23.4 Å². The Morgan fingerprint density at radius 1 is 1.07 bits per heavy atom. The standard InChI is InChI=1S/C19H20ClN3O3S/c1-13(2)23(27(24,25)17-10-4-14(3)5-11-17)12-18-21-19(22-26-18)15-6-8-16(20)9-7-15/h4-11,13H,12H2,1-3H3. The molecule has 0 spiro atoms. The lowest BCUT2D eigenvalue weighted by Crippen LogP contribution is -2.36. The van der Waals surface area contributed by atoms with E-state index in [1.165, 1.54) is 4.31 Å². The maximum absolute atomic E-state index is 13.0. The van der Waals surface area contributed by atoms with Crippen LogP contribution in [-0.4, -0.2) is 28.9 Å². The van der Waals surface area contributed by atoms with Gasteiger partial charge in [-0.15, -0.1) is 0 Å². The van der Waals surface area contributed by atoms with Crippen LogP contribution in [0.5, 0.6) is 0 Å². The van der Waals surface area contributed by atoms with E-state index in [1.807, 2.05) is 20.8 Å². The van der Waals surface area contributed by atoms with Crippen LogP contribution in [0.3, 0.4) is 0 Å². The van der Waals surface area contributed by atoms with Crippen LogP contribution in [0.25, 0.3) is 11.4 Å². The van der Waals surface area contributed by atoms with E-state index >= 15 is 0 Å². The molecule has 0 aliphatic rings. The van der Waals surface area contributed by atoms with E-state index in [2.05, 4.69) is 10.1 Å². The van der Waals surface area contributed by atoms with Gasteiger partial charge in [0.05, 0.1) is 11.4 Å². The van der Waals surface area contributed by atoms with Gasteiger partial charge in [-0.05, 0) is 57.2 Å². The minimum atomic E-state index is -3.69. The average molecular weight is 406 g/mol. The molecule has 0 aliphatic heterocycles. The largest absolute Gasteiger partial charge is 0.338 e. The van der Waals surface area contributed by atoms with Crippen molar-refractivity contribution in [3.05, 3.63) is 65.0 Å². The smallest absolute Gasteiger partial charge is 0.243 e. The van der Waals surface area contributed by atoms with Gasteiger partial charge in [0.2, 0.25) is 21.7 Å². The zero-order valence-electron chi connectivity index (χ0n) is 15.3. The Morgan fingerprint density at radius 2 is 1.70 bits per heavy atom. The number of nitrogens with zero attached hydrogens (tertiary/aromatic N) is 3. The molecule has 2 aromatic carbocycles. The highest BCUT2D eigenvalue weighted by molar-refractivity contribution is 7.89. The van der Waals surface area contributed by atoms with Gasteiger partial charge in [0.15, 0.2) is 0 Å². The van der Waals surface area contributed by atoms with Crippen molar-refractivity contribution in [1.29, 1.82) is 0 Å². The molecule has 0 fully saturated rings. The Balaban J connectivity index is 1.87. The normalized spacial score (nSPS) is 12.1. The van der Waals surface area contributed by atoms with E-state index in [0.29, 0.717) is 10.8 Å². The first kappa shape index (κ1) is 19.5. The van der Waals surface area contributed by atoms with Crippen molar-refractivity contribution in [3.8, 4) is 11.4 Å². The second-order valence-corrected chi connectivity index (χ2v) is 8.80. The molecule has 0 bridgehead atoms. The highest BCUT2D eigenvalue weighted by Gasteiger charge is 2.29. The summed E-state index contributed by atoms with van der Waals surface area (Å²) in [6.45, 7) is 5.52. The first-order valence-electron chi connectivity index (χ1n) is 8.44. The molecule has 0 atom stereocenters. The molecule has 0 aliphatic carbocycles. The molecule has 0 N–H and O–H groups in total. The number of rotatable bonds is 6. The summed E-state index contributed by atoms with van der Waals surface area (Å²) >= 11 is 5.89. The predicted octanol–water partition coefficient (Wildman–Crippen LogP) is 4.30. The summed E-state index contributed by atoms with van der Waals surface area (Å²) in [6.07, 6.45) is 0. The summed E-state index contributed by atoms with van der Waals surface area (Å²) in [5.41, 5.74) is 1.74. The molecule has 27 heavy (non-hydrogen) atoms. The first-order valence-corrected chi connectivity index (χ1v) is 10.3. The molecular weight excluding hydrogens is 386 g/mol. The molecule has 0 saturated heterocycles. The lowest BCUT2D eigenvalue weighted by Gasteiger charge is -2.24. The molecule has 1 aromatic heterocycles. The molecule has 0 unspecified atom stereocenters. The zero-order chi connectivity index (χ0) is 19.6. The lowest BCUT2D eigenvalue weighted by molar-refractivity contribution is 0.286. The summed E-state index contributed by atoms with van der Waals surface area (Å²) in [5, 5.41) is 4.55. The molecular formula is C19H20ClN3O3S. The number of hydrogen-bond donors (Lipinski definition) is 0. The quantitative estimate of drug-likeness (QED) is 0.611. The fourth-order valence-electron chi connectivity index (χ4n) is 2.56. The fraction of sp³-hybridized carbons (Fsp3) is 0.263. The van der Waals surface area contributed by atoms with Gasteiger partial charge in [0, 0.05) is 16.6 Å². The maximum atomic E-state index is 13.0. The number of sulfonamides is 1. The van der Waals surface area contributed by atoms with Gasteiger partial charge in [-0.1, -0.05) is 34.5 Å². The van der Waals surface area contributed by atoms with Crippen molar-refractivity contribution >= 4 is 21.6 Å². The first-order chi connectivity index (χ1) is 12.8. The number of aromatic nitrogens is 2. The Morgan fingerprint density at radius 3 is 2.30 bits per heavy atom. The number of hydrogen-bond acceptors (Lipinski definition) is 5. The Hall–Kier alpha value is -2.22. The summed E-state index contributed by atoms with van der Waals surface area (Å²) < 4.78 is 32.7. The van der Waals surface area contributed by atoms with Crippen LogP contribution in [0.2, 0.25) is 5.02 Å². The van der Waals surface area contributed by atoms with Gasteiger partial charge in [-0.25, -0.2) is 8.42 Å². The Labute approximate surface area is 163 Å². The third-order valence-corrected chi connectivity index (χ3v) is 6.35. The van der Waals surface area contributed by atoms with Crippen LogP contribution in [0.15, 0.2) is 57.9 Å². The Bertz CT molecular complexity index is 1010. The maximum Gasteiger partial charge on any atom is 0.243 e. The number of benzene rings is 2. The van der Waals surface area contributed by atoms with Crippen molar-refractivity contribution in [2.45, 2.75) is 38.3 Å². The summed E-state index contributed by atoms with van der Waals surface area (Å²) in [6, 6.07) is 13.5. The second-order valence-electron chi connectivity index (χ2n) is 6.48. The van der Waals surface area contributed by atoms with Crippen molar-refractivity contribution < 1.29 is 12.9 Å². The second kappa shape index (κ2) is 7.80. The summed E-state index contributed by atoms with van der Waals surface area (Å²) in [7, 11) is -3.69. The predicted molar refractivity (Wildman–Crippen MR) is 104 cm³/mol. The van der Waals surface area contributed by atoms with Crippen LogP contribution >= 0.6 is 11.6 Å². The molecule has 0 amide bonds. The minimum absolute atomic E-state index is 0.00549. The van der Waals surface area contributed by atoms with E-state index in [1.54, 1.807) is 48.5 Å². The van der Waals surface area contributed by atoms with Crippen molar-refractivity contribution in [1.82, 2.24) is 14.4 Å². The summed E-state index contributed by atoms with van der Waals surface area (Å²) in [5.74, 6) is 0.613. The molecule has 3 aromatic rings. The van der Waals surface area contributed by atoms with Gasteiger partial charge in [-0.2, -0.15) is 9.29 Å². The molecule has 6 nitrogen and oxygen atoms in total. The van der Waals surface area contributed by atoms with Gasteiger partial charge >= 0.3 is 0 Å². The number of aryl methyl sites for hydroxylation is 1. The molecule has 3 rings (SSSR count). The highest BCUT2D eigenvalue weighted by Crippen LogP contribution is 2.23.